The average Bonchev–Trinajstić information content (AvgIpc) is 3.68. The van der Waals surface area contributed by atoms with Crippen LogP contribution in [0, 0.1) is 11.3 Å². The summed E-state index contributed by atoms with van der Waals surface area (Å²) in [6, 6.07) is 2.27. The molecule has 37 heavy (non-hydrogen) atoms. The van der Waals surface area contributed by atoms with Crippen molar-refractivity contribution in [2.24, 2.45) is 0 Å². The highest BCUT2D eigenvalue weighted by molar-refractivity contribution is 7.17. The van der Waals surface area contributed by atoms with E-state index in [1.54, 1.807) is 6.92 Å². The van der Waals surface area contributed by atoms with Crippen LogP contribution in [0.5, 0.6) is 0 Å². The molecular weight excluding hydrogens is 485 g/mol. The number of nitrogens with zero attached hydrogens (tertiary/aromatic N) is 4. The van der Waals surface area contributed by atoms with Gasteiger partial charge in [-0.2, -0.15) is 5.26 Å². The molecule has 2 N–H and O–H groups in total. The van der Waals surface area contributed by atoms with Crippen molar-refractivity contribution in [3.63, 3.8) is 0 Å². The zero-order valence-corrected chi connectivity index (χ0v) is 22.7. The van der Waals surface area contributed by atoms with Gasteiger partial charge in [0.1, 0.15) is 16.9 Å². The average molecular weight is 518 g/mol. The number of nitrogen functional groups attached to an aromatic ring is 1. The summed E-state index contributed by atoms with van der Waals surface area (Å²) in [5.74, 6) is 0.375. The summed E-state index contributed by atoms with van der Waals surface area (Å²) in [5, 5.41) is 11.5. The number of fused-ring (bicyclic) bond motifs is 3. The molecule has 2 aromatic heterocycles. The van der Waals surface area contributed by atoms with Gasteiger partial charge in [0.05, 0.1) is 29.2 Å². The maximum Gasteiger partial charge on any atom is 0.225 e. The molecule has 1 fully saturated rings. The van der Waals surface area contributed by atoms with E-state index in [9.17, 15) is 5.26 Å². The predicted octanol–water partition coefficient (Wildman–Crippen LogP) is 6.90. The molecule has 192 valence electrons. The first kappa shape index (κ1) is 25.4. The number of nitriles is 1. The molecule has 8 heteroatoms. The van der Waals surface area contributed by atoms with Crippen molar-refractivity contribution in [3.05, 3.63) is 56.1 Å². The van der Waals surface area contributed by atoms with E-state index in [-0.39, 0.29) is 5.83 Å². The summed E-state index contributed by atoms with van der Waals surface area (Å²) < 4.78 is 21.3. The normalized spacial score (nSPS) is 16.3. The minimum atomic E-state index is -0.375. The van der Waals surface area contributed by atoms with E-state index >= 15 is 4.39 Å². The quantitative estimate of drug-likeness (QED) is 0.383. The third-order valence-corrected chi connectivity index (χ3v) is 8.59. The number of benzene rings is 1. The van der Waals surface area contributed by atoms with E-state index in [1.165, 1.54) is 6.08 Å². The highest BCUT2D eigenvalue weighted by Crippen LogP contribution is 2.48. The van der Waals surface area contributed by atoms with Crippen molar-refractivity contribution < 1.29 is 9.13 Å². The minimum absolute atomic E-state index is 0.329. The number of ether oxygens (including phenoxy) is 1. The molecule has 3 aromatic rings. The molecular formula is C29H32FN5OS. The summed E-state index contributed by atoms with van der Waals surface area (Å²) >= 11 is 1.13. The van der Waals surface area contributed by atoms with Crippen LogP contribution in [0.25, 0.3) is 22.3 Å². The number of thiophene rings is 1. The van der Waals surface area contributed by atoms with Gasteiger partial charge in [-0.05, 0) is 67.4 Å². The molecule has 0 atom stereocenters. The number of anilines is 2. The molecule has 0 spiro atoms. The van der Waals surface area contributed by atoms with E-state index in [0.29, 0.717) is 34.2 Å². The van der Waals surface area contributed by atoms with Crippen LogP contribution in [0.2, 0.25) is 0 Å². The standard InChI is InChI=1S/C29H32FN5OS/c1-5-16(4)23(25-18(12-31)28(32)37-27(25)22(30)7-3)24-17(6-2)26-19(20-14-36-15-21(20)24)13-33-29(34-26)35-10-8-9-11-35/h7,13H,5-6,8-11,14-15,32H2,1-4H3/b22-7+,23-16+. The second-order valence-electron chi connectivity index (χ2n) is 9.59. The zero-order valence-electron chi connectivity index (χ0n) is 21.9. The fraction of sp³-hybridized carbons (Fsp3) is 0.414. The van der Waals surface area contributed by atoms with Crippen molar-refractivity contribution >= 4 is 44.6 Å². The van der Waals surface area contributed by atoms with E-state index in [1.807, 2.05) is 6.20 Å². The van der Waals surface area contributed by atoms with Crippen molar-refractivity contribution in [1.82, 2.24) is 9.97 Å². The summed E-state index contributed by atoms with van der Waals surface area (Å²) in [7, 11) is 0. The Morgan fingerprint density at radius 1 is 1.24 bits per heavy atom. The van der Waals surface area contributed by atoms with Crippen molar-refractivity contribution in [1.29, 1.82) is 5.26 Å². The van der Waals surface area contributed by atoms with Crippen molar-refractivity contribution in [2.45, 2.75) is 66.6 Å². The number of aromatic nitrogens is 2. The number of halogens is 1. The number of allylic oxidation sites excluding steroid dienone is 2. The van der Waals surface area contributed by atoms with Crippen LogP contribution >= 0.6 is 11.3 Å². The largest absolute Gasteiger partial charge is 0.389 e. The first-order valence-electron chi connectivity index (χ1n) is 13.0. The highest BCUT2D eigenvalue weighted by Gasteiger charge is 2.32. The molecule has 4 heterocycles. The molecule has 1 aromatic carbocycles. The zero-order chi connectivity index (χ0) is 26.3. The summed E-state index contributed by atoms with van der Waals surface area (Å²) in [4.78, 5) is 12.5. The maximum absolute atomic E-state index is 15.3. The summed E-state index contributed by atoms with van der Waals surface area (Å²) in [5.41, 5.74) is 14.3. The van der Waals surface area contributed by atoms with E-state index in [4.69, 9.17) is 20.4 Å². The molecule has 5 rings (SSSR count). The Labute approximate surface area is 221 Å². The molecule has 0 saturated carbocycles. The van der Waals surface area contributed by atoms with E-state index in [0.717, 1.165) is 100 Å². The Morgan fingerprint density at radius 2 is 1.97 bits per heavy atom. The third kappa shape index (κ3) is 4.11. The van der Waals surface area contributed by atoms with Gasteiger partial charge in [-0.1, -0.05) is 25.5 Å². The molecule has 0 amide bonds. The Morgan fingerprint density at radius 3 is 2.62 bits per heavy atom. The van der Waals surface area contributed by atoms with Crippen molar-refractivity contribution in [2.75, 3.05) is 23.7 Å². The molecule has 0 unspecified atom stereocenters. The monoisotopic (exact) mass is 517 g/mol. The number of hydrogen-bond acceptors (Lipinski definition) is 7. The minimum Gasteiger partial charge on any atom is -0.389 e. The predicted molar refractivity (Wildman–Crippen MR) is 149 cm³/mol. The van der Waals surface area contributed by atoms with Gasteiger partial charge in [-0.15, -0.1) is 11.3 Å². The molecule has 0 bridgehead atoms. The number of hydrogen-bond donors (Lipinski definition) is 1. The lowest BCUT2D eigenvalue weighted by molar-refractivity contribution is 0.135. The van der Waals surface area contributed by atoms with Gasteiger partial charge in [-0.25, -0.2) is 14.4 Å². The third-order valence-electron chi connectivity index (χ3n) is 7.56. The molecule has 1 saturated heterocycles. The maximum atomic E-state index is 15.3. The summed E-state index contributed by atoms with van der Waals surface area (Å²) in [6.45, 7) is 10.8. The number of nitrogens with two attached hydrogens (primary N) is 1. The lowest BCUT2D eigenvalue weighted by Crippen LogP contribution is -2.20. The SMILES string of the molecule is C/C=C(/F)c1sc(N)c(C#N)c1/C(=C(\C)CC)c1c2c(c3cnc(N4CCCC4)nc3c1CC)COC2. The smallest absolute Gasteiger partial charge is 0.225 e. The van der Waals surface area contributed by atoms with Crippen LogP contribution in [-0.2, 0) is 24.4 Å². The van der Waals surface area contributed by atoms with E-state index in [2.05, 4.69) is 31.7 Å². The van der Waals surface area contributed by atoms with Crippen LogP contribution in [-0.4, -0.2) is 23.1 Å². The van der Waals surface area contributed by atoms with Crippen LogP contribution in [0.15, 0.2) is 17.8 Å². The Balaban J connectivity index is 1.90. The van der Waals surface area contributed by atoms with Gasteiger partial charge in [0.15, 0.2) is 0 Å². The second kappa shape index (κ2) is 10.2. The van der Waals surface area contributed by atoms with E-state index < -0.39 is 0 Å². The fourth-order valence-electron chi connectivity index (χ4n) is 5.56. The molecule has 0 radical (unpaired) electrons. The van der Waals surface area contributed by atoms with Gasteiger partial charge in [0.25, 0.3) is 0 Å². The lowest BCUT2D eigenvalue weighted by Gasteiger charge is -2.23. The molecule has 2 aliphatic rings. The van der Waals surface area contributed by atoms with Crippen LogP contribution in [0.1, 0.15) is 85.2 Å². The van der Waals surface area contributed by atoms with Gasteiger partial charge < -0.3 is 15.4 Å². The van der Waals surface area contributed by atoms with Gasteiger partial charge in [0, 0.05) is 30.2 Å². The molecule has 6 nitrogen and oxygen atoms in total. The first-order chi connectivity index (χ1) is 17.9. The Kier molecular flexibility index (Phi) is 7.02. The highest BCUT2D eigenvalue weighted by atomic mass is 32.1. The summed E-state index contributed by atoms with van der Waals surface area (Å²) in [6.07, 6.45) is 7.12. The van der Waals surface area contributed by atoms with Gasteiger partial charge in [-0.3, -0.25) is 0 Å². The van der Waals surface area contributed by atoms with Crippen LogP contribution in [0.3, 0.4) is 0 Å². The number of rotatable bonds is 6. The molecule has 2 aliphatic heterocycles. The topological polar surface area (TPSA) is 88.1 Å². The Bertz CT molecular complexity index is 1490. The van der Waals surface area contributed by atoms with Gasteiger partial charge >= 0.3 is 0 Å². The van der Waals surface area contributed by atoms with Gasteiger partial charge in [0.2, 0.25) is 5.95 Å². The first-order valence-corrected chi connectivity index (χ1v) is 13.8. The van der Waals surface area contributed by atoms with Crippen molar-refractivity contribution in [3.8, 4) is 6.07 Å². The lowest BCUT2D eigenvalue weighted by atomic mass is 9.81. The second-order valence-corrected chi connectivity index (χ2v) is 10.6. The van der Waals surface area contributed by atoms with Crippen LogP contribution in [0.4, 0.5) is 15.3 Å². The van der Waals surface area contributed by atoms with Crippen LogP contribution < -0.4 is 10.6 Å². The fourth-order valence-corrected chi connectivity index (χ4v) is 6.55. The Hall–Kier alpha value is -3.28. The molecule has 0 aliphatic carbocycles. The number of aryl methyl sites for hydroxylation is 1.